The van der Waals surface area contributed by atoms with Crippen molar-refractivity contribution in [2.75, 3.05) is 13.2 Å². The second-order valence-corrected chi connectivity index (χ2v) is 5.72. The summed E-state index contributed by atoms with van der Waals surface area (Å²) in [5.74, 6) is -0.391. The van der Waals surface area contributed by atoms with Gasteiger partial charge < -0.3 is 10.1 Å². The van der Waals surface area contributed by atoms with Crippen LogP contribution in [-0.2, 0) is 16.6 Å². The van der Waals surface area contributed by atoms with Gasteiger partial charge in [-0.25, -0.2) is 4.68 Å². The molecule has 1 aliphatic heterocycles. The molecule has 132 valence electrons. The number of aryl methyl sites for hydroxylation is 1. The molecule has 0 bridgehead atoms. The fourth-order valence-corrected chi connectivity index (χ4v) is 2.55. The van der Waals surface area contributed by atoms with E-state index in [0.717, 1.165) is 19.0 Å². The molecule has 1 N–H and O–H groups in total. The summed E-state index contributed by atoms with van der Waals surface area (Å²) in [5.41, 5.74) is 0.658. The largest absolute Gasteiger partial charge is 0.376 e. The molecular formula is C15H18N6O4. The van der Waals surface area contributed by atoms with Gasteiger partial charge in [-0.1, -0.05) is 0 Å². The maximum atomic E-state index is 12.6. The summed E-state index contributed by atoms with van der Waals surface area (Å²) >= 11 is 0. The minimum Gasteiger partial charge on any atom is -0.376 e. The van der Waals surface area contributed by atoms with Crippen molar-refractivity contribution in [3.63, 3.8) is 0 Å². The predicted octanol–water partition coefficient (Wildman–Crippen LogP) is 0.818. The average molecular weight is 346 g/mol. The van der Waals surface area contributed by atoms with E-state index < -0.39 is 10.8 Å². The van der Waals surface area contributed by atoms with E-state index in [9.17, 15) is 14.9 Å². The number of nitrogens with zero attached hydrogens (tertiary/aromatic N) is 5. The molecule has 1 fully saturated rings. The van der Waals surface area contributed by atoms with Gasteiger partial charge in [-0.3, -0.25) is 19.6 Å². The van der Waals surface area contributed by atoms with Crippen molar-refractivity contribution in [3.8, 4) is 0 Å². The summed E-state index contributed by atoms with van der Waals surface area (Å²) in [6.07, 6.45) is 9.07. The summed E-state index contributed by atoms with van der Waals surface area (Å²) in [4.78, 5) is 22.9. The van der Waals surface area contributed by atoms with Crippen LogP contribution in [0.1, 0.15) is 18.4 Å². The van der Waals surface area contributed by atoms with Crippen LogP contribution in [0.3, 0.4) is 0 Å². The van der Waals surface area contributed by atoms with Crippen LogP contribution in [0.2, 0.25) is 0 Å². The molecule has 25 heavy (non-hydrogen) atoms. The van der Waals surface area contributed by atoms with Crippen LogP contribution < -0.4 is 5.32 Å². The molecule has 0 saturated carbocycles. The molecule has 0 spiro atoms. The Hall–Kier alpha value is -3.01. The molecule has 0 unspecified atom stereocenters. The first kappa shape index (κ1) is 16.8. The second-order valence-electron chi connectivity index (χ2n) is 5.72. The van der Waals surface area contributed by atoms with Gasteiger partial charge in [0.25, 0.3) is 5.91 Å². The molecule has 1 aliphatic rings. The number of carbonyl (C=O) groups is 1. The highest BCUT2D eigenvalue weighted by molar-refractivity contribution is 6.18. The third-order valence-electron chi connectivity index (χ3n) is 3.80. The summed E-state index contributed by atoms with van der Waals surface area (Å²) in [6.45, 7) is 1.08. The zero-order valence-corrected chi connectivity index (χ0v) is 13.7. The molecule has 3 rings (SSSR count). The van der Waals surface area contributed by atoms with Crippen molar-refractivity contribution in [1.82, 2.24) is 24.9 Å². The lowest BCUT2D eigenvalue weighted by Gasteiger charge is -2.12. The SMILES string of the molecule is Cn1cc(/C=C(/C(=O)NC[C@H]2CCCO2)n2cc([N+](=O)[O-])cn2)cn1. The molecule has 3 heterocycles. The van der Waals surface area contributed by atoms with Crippen molar-refractivity contribution in [1.29, 1.82) is 0 Å². The van der Waals surface area contributed by atoms with Crippen LogP contribution in [0, 0.1) is 10.1 Å². The molecule has 2 aromatic rings. The average Bonchev–Trinajstić information content (AvgIpc) is 3.32. The van der Waals surface area contributed by atoms with Crippen molar-refractivity contribution in [2.24, 2.45) is 7.05 Å². The molecular weight excluding hydrogens is 328 g/mol. The van der Waals surface area contributed by atoms with Gasteiger partial charge in [-0.05, 0) is 18.9 Å². The van der Waals surface area contributed by atoms with Crippen LogP contribution in [0.15, 0.2) is 24.8 Å². The van der Waals surface area contributed by atoms with Crippen LogP contribution >= 0.6 is 0 Å². The number of hydrogen-bond acceptors (Lipinski definition) is 6. The lowest BCUT2D eigenvalue weighted by Crippen LogP contribution is -2.33. The first-order chi connectivity index (χ1) is 12.0. The Bertz CT molecular complexity index is 803. The fourth-order valence-electron chi connectivity index (χ4n) is 2.55. The number of rotatable bonds is 6. The summed E-state index contributed by atoms with van der Waals surface area (Å²) in [7, 11) is 1.76. The summed E-state index contributed by atoms with van der Waals surface area (Å²) in [6, 6.07) is 0. The van der Waals surface area contributed by atoms with Gasteiger partial charge in [0, 0.05) is 32.0 Å². The second kappa shape index (κ2) is 7.26. The van der Waals surface area contributed by atoms with E-state index in [0.29, 0.717) is 18.7 Å². The third-order valence-corrected chi connectivity index (χ3v) is 3.80. The molecule has 2 aromatic heterocycles. The van der Waals surface area contributed by atoms with E-state index in [2.05, 4.69) is 15.5 Å². The zero-order chi connectivity index (χ0) is 17.8. The number of hydrogen-bond donors (Lipinski definition) is 1. The lowest BCUT2D eigenvalue weighted by atomic mass is 10.2. The highest BCUT2D eigenvalue weighted by Crippen LogP contribution is 2.16. The molecule has 1 atom stereocenters. The predicted molar refractivity (Wildman–Crippen MR) is 88.2 cm³/mol. The summed E-state index contributed by atoms with van der Waals surface area (Å²) in [5, 5.41) is 21.6. The molecule has 1 saturated heterocycles. The van der Waals surface area contributed by atoms with Gasteiger partial charge in [-0.15, -0.1) is 0 Å². The summed E-state index contributed by atoms with van der Waals surface area (Å²) < 4.78 is 8.27. The Balaban J connectivity index is 1.83. The first-order valence-corrected chi connectivity index (χ1v) is 7.82. The minimum atomic E-state index is -0.560. The molecule has 0 aromatic carbocycles. The number of nitrogens with one attached hydrogen (secondary N) is 1. The Morgan fingerprint density at radius 2 is 2.32 bits per heavy atom. The molecule has 10 heteroatoms. The van der Waals surface area contributed by atoms with Crippen molar-refractivity contribution in [2.45, 2.75) is 18.9 Å². The smallest absolute Gasteiger partial charge is 0.307 e. The topological polar surface area (TPSA) is 117 Å². The highest BCUT2D eigenvalue weighted by atomic mass is 16.6. The molecule has 10 nitrogen and oxygen atoms in total. The van der Waals surface area contributed by atoms with E-state index in [4.69, 9.17) is 4.74 Å². The van der Waals surface area contributed by atoms with Crippen LogP contribution in [0.5, 0.6) is 0 Å². The van der Waals surface area contributed by atoms with E-state index in [-0.39, 0.29) is 17.5 Å². The monoisotopic (exact) mass is 346 g/mol. The van der Waals surface area contributed by atoms with Crippen molar-refractivity contribution < 1.29 is 14.5 Å². The van der Waals surface area contributed by atoms with Gasteiger partial charge in [0.15, 0.2) is 0 Å². The number of ether oxygens (including phenoxy) is 1. The lowest BCUT2D eigenvalue weighted by molar-refractivity contribution is -0.384. The van der Waals surface area contributed by atoms with Gasteiger partial charge in [-0.2, -0.15) is 10.2 Å². The Morgan fingerprint density at radius 3 is 2.92 bits per heavy atom. The van der Waals surface area contributed by atoms with Gasteiger partial charge in [0.1, 0.15) is 18.1 Å². The van der Waals surface area contributed by atoms with Crippen LogP contribution in [-0.4, -0.2) is 49.6 Å². The van der Waals surface area contributed by atoms with Crippen LogP contribution in [0.25, 0.3) is 11.8 Å². The maximum Gasteiger partial charge on any atom is 0.307 e. The Labute approximate surface area is 143 Å². The number of aromatic nitrogens is 4. The fraction of sp³-hybridized carbons (Fsp3) is 0.400. The Kier molecular flexibility index (Phi) is 4.89. The normalized spacial score (nSPS) is 17.6. The number of amides is 1. The van der Waals surface area contributed by atoms with E-state index in [1.165, 1.54) is 10.9 Å². The number of carbonyl (C=O) groups excluding carboxylic acids is 1. The molecule has 0 aliphatic carbocycles. The number of nitro groups is 1. The minimum absolute atomic E-state index is 0.00412. The van der Waals surface area contributed by atoms with Crippen molar-refractivity contribution >= 4 is 23.4 Å². The van der Waals surface area contributed by atoms with Crippen LogP contribution in [0.4, 0.5) is 5.69 Å². The third kappa shape index (κ3) is 4.10. The Morgan fingerprint density at radius 1 is 1.48 bits per heavy atom. The zero-order valence-electron chi connectivity index (χ0n) is 13.7. The standard InChI is InChI=1S/C15H18N6O4/c1-19-9-11(6-17-19)5-14(20-10-12(7-18-20)21(23)24)15(22)16-8-13-3-2-4-25-13/h5-7,9-10,13H,2-4,8H2,1H3,(H,16,22)/b14-5-/t13-/m1/s1. The van der Waals surface area contributed by atoms with Gasteiger partial charge in [0.05, 0.1) is 17.2 Å². The molecule has 1 amide bonds. The van der Waals surface area contributed by atoms with Gasteiger partial charge in [0.2, 0.25) is 0 Å². The molecule has 0 radical (unpaired) electrons. The van der Waals surface area contributed by atoms with E-state index in [1.807, 2.05) is 0 Å². The van der Waals surface area contributed by atoms with E-state index in [1.54, 1.807) is 30.2 Å². The van der Waals surface area contributed by atoms with Gasteiger partial charge >= 0.3 is 5.69 Å². The van der Waals surface area contributed by atoms with Crippen molar-refractivity contribution in [3.05, 3.63) is 40.5 Å². The highest BCUT2D eigenvalue weighted by Gasteiger charge is 2.20. The maximum absolute atomic E-state index is 12.6. The quantitative estimate of drug-likeness (QED) is 0.470. The first-order valence-electron chi connectivity index (χ1n) is 7.82. The van der Waals surface area contributed by atoms with E-state index >= 15 is 0 Å².